The van der Waals surface area contributed by atoms with Crippen molar-refractivity contribution >= 4 is 5.97 Å². The van der Waals surface area contributed by atoms with Gasteiger partial charge in [0.05, 0.1) is 12.7 Å². The number of hydrogen-bond acceptors (Lipinski definition) is 5. The van der Waals surface area contributed by atoms with Crippen molar-refractivity contribution in [3.63, 3.8) is 0 Å². The SMILES string of the molecule is COC(=O)c1cnc2c(c1)OCO2. The molecule has 13 heavy (non-hydrogen) atoms. The highest BCUT2D eigenvalue weighted by molar-refractivity contribution is 5.89. The van der Waals surface area contributed by atoms with E-state index in [-0.39, 0.29) is 6.79 Å². The van der Waals surface area contributed by atoms with Crippen molar-refractivity contribution in [3.05, 3.63) is 17.8 Å². The Morgan fingerprint density at radius 1 is 1.62 bits per heavy atom. The number of nitrogens with zero attached hydrogens (tertiary/aromatic N) is 1. The van der Waals surface area contributed by atoms with Crippen LogP contribution < -0.4 is 9.47 Å². The van der Waals surface area contributed by atoms with Crippen molar-refractivity contribution in [2.75, 3.05) is 13.9 Å². The van der Waals surface area contributed by atoms with Gasteiger partial charge in [0.15, 0.2) is 5.75 Å². The summed E-state index contributed by atoms with van der Waals surface area (Å²) in [4.78, 5) is 14.9. The van der Waals surface area contributed by atoms with Gasteiger partial charge in [0.1, 0.15) is 0 Å². The van der Waals surface area contributed by atoms with E-state index in [2.05, 4.69) is 9.72 Å². The molecule has 2 heterocycles. The molecule has 0 saturated heterocycles. The summed E-state index contributed by atoms with van der Waals surface area (Å²) in [5, 5.41) is 0. The van der Waals surface area contributed by atoms with Gasteiger partial charge in [0.2, 0.25) is 6.79 Å². The van der Waals surface area contributed by atoms with Crippen LogP contribution in [0.15, 0.2) is 12.3 Å². The number of aromatic nitrogens is 1. The van der Waals surface area contributed by atoms with Gasteiger partial charge in [-0.25, -0.2) is 9.78 Å². The first kappa shape index (κ1) is 7.85. The first-order valence-electron chi connectivity index (χ1n) is 3.65. The Morgan fingerprint density at radius 2 is 2.46 bits per heavy atom. The minimum absolute atomic E-state index is 0.146. The monoisotopic (exact) mass is 181 g/mol. The third-order valence-corrected chi connectivity index (χ3v) is 1.65. The second-order valence-electron chi connectivity index (χ2n) is 2.43. The first-order chi connectivity index (χ1) is 6.31. The lowest BCUT2D eigenvalue weighted by Crippen LogP contribution is -2.01. The quantitative estimate of drug-likeness (QED) is 0.593. The molecular formula is C8H7NO4. The minimum atomic E-state index is -0.439. The molecule has 2 rings (SSSR count). The third kappa shape index (κ3) is 1.28. The highest BCUT2D eigenvalue weighted by Gasteiger charge is 2.17. The van der Waals surface area contributed by atoms with E-state index >= 15 is 0 Å². The molecule has 0 saturated carbocycles. The molecule has 0 fully saturated rings. The van der Waals surface area contributed by atoms with Crippen molar-refractivity contribution in [1.29, 1.82) is 0 Å². The normalized spacial score (nSPS) is 12.7. The van der Waals surface area contributed by atoms with Gasteiger partial charge >= 0.3 is 5.97 Å². The molecule has 0 N–H and O–H groups in total. The average molecular weight is 181 g/mol. The zero-order valence-electron chi connectivity index (χ0n) is 6.94. The maximum atomic E-state index is 11.1. The molecule has 5 nitrogen and oxygen atoms in total. The van der Waals surface area contributed by atoms with Crippen molar-refractivity contribution in [2.45, 2.75) is 0 Å². The first-order valence-corrected chi connectivity index (χ1v) is 3.65. The summed E-state index contributed by atoms with van der Waals surface area (Å²) in [5.41, 5.74) is 0.353. The van der Waals surface area contributed by atoms with E-state index in [9.17, 15) is 4.79 Å². The van der Waals surface area contributed by atoms with Gasteiger partial charge in [-0.3, -0.25) is 0 Å². The number of hydrogen-bond donors (Lipinski definition) is 0. The molecule has 1 aromatic rings. The molecule has 0 spiro atoms. The van der Waals surface area contributed by atoms with Gasteiger partial charge in [-0.2, -0.15) is 0 Å². The van der Waals surface area contributed by atoms with Gasteiger partial charge in [-0.05, 0) is 0 Å². The lowest BCUT2D eigenvalue weighted by atomic mass is 10.3. The Labute approximate surface area is 74.2 Å². The number of carbonyl (C=O) groups is 1. The predicted molar refractivity (Wildman–Crippen MR) is 41.7 cm³/mol. The number of ether oxygens (including phenoxy) is 3. The zero-order chi connectivity index (χ0) is 9.26. The molecule has 1 aliphatic heterocycles. The third-order valence-electron chi connectivity index (χ3n) is 1.65. The second kappa shape index (κ2) is 2.93. The Kier molecular flexibility index (Phi) is 1.77. The van der Waals surface area contributed by atoms with Crippen LogP contribution >= 0.6 is 0 Å². The summed E-state index contributed by atoms with van der Waals surface area (Å²) in [7, 11) is 1.31. The van der Waals surface area contributed by atoms with E-state index < -0.39 is 5.97 Å². The van der Waals surface area contributed by atoms with Crippen molar-refractivity contribution in [3.8, 4) is 11.6 Å². The summed E-state index contributed by atoms with van der Waals surface area (Å²) < 4.78 is 14.5. The van der Waals surface area contributed by atoms with Crippen LogP contribution in [0.5, 0.6) is 11.6 Å². The van der Waals surface area contributed by atoms with Gasteiger partial charge < -0.3 is 14.2 Å². The van der Waals surface area contributed by atoms with Crippen LogP contribution in [0, 0.1) is 0 Å². The molecule has 0 amide bonds. The fourth-order valence-corrected chi connectivity index (χ4v) is 1.02. The highest BCUT2D eigenvalue weighted by atomic mass is 16.7. The van der Waals surface area contributed by atoms with Crippen molar-refractivity contribution in [2.24, 2.45) is 0 Å². The molecule has 1 aromatic heterocycles. The molecule has 1 aliphatic rings. The van der Waals surface area contributed by atoms with E-state index in [1.165, 1.54) is 13.3 Å². The average Bonchev–Trinajstić information content (AvgIpc) is 2.63. The number of pyridine rings is 1. The molecule has 0 radical (unpaired) electrons. The molecule has 0 aromatic carbocycles. The number of esters is 1. The van der Waals surface area contributed by atoms with E-state index in [0.717, 1.165) is 0 Å². The van der Waals surface area contributed by atoms with Crippen molar-refractivity contribution in [1.82, 2.24) is 4.98 Å². The number of fused-ring (bicyclic) bond motifs is 1. The Hall–Kier alpha value is -1.78. The summed E-state index contributed by atoms with van der Waals surface area (Å²) in [6, 6.07) is 1.54. The molecule has 0 atom stereocenters. The molecule has 0 bridgehead atoms. The molecule has 0 aliphatic carbocycles. The Balaban J connectivity index is 2.36. The Morgan fingerprint density at radius 3 is 3.23 bits per heavy atom. The van der Waals surface area contributed by atoms with Gasteiger partial charge in [-0.15, -0.1) is 0 Å². The van der Waals surface area contributed by atoms with E-state index in [4.69, 9.17) is 9.47 Å². The van der Waals surface area contributed by atoms with Crippen LogP contribution in [-0.2, 0) is 4.74 Å². The lowest BCUT2D eigenvalue weighted by molar-refractivity contribution is 0.0600. The largest absolute Gasteiger partial charge is 0.465 e. The zero-order valence-corrected chi connectivity index (χ0v) is 6.94. The topological polar surface area (TPSA) is 57.7 Å². The van der Waals surface area contributed by atoms with Crippen molar-refractivity contribution < 1.29 is 19.0 Å². The van der Waals surface area contributed by atoms with E-state index in [1.807, 2.05) is 0 Å². The summed E-state index contributed by atoms with van der Waals surface area (Å²) in [6.07, 6.45) is 1.39. The van der Waals surface area contributed by atoms with Gasteiger partial charge in [0.25, 0.3) is 5.88 Å². The van der Waals surface area contributed by atoms with Crippen LogP contribution in [-0.4, -0.2) is 24.9 Å². The second-order valence-corrected chi connectivity index (χ2v) is 2.43. The molecular weight excluding hydrogens is 174 g/mol. The summed E-state index contributed by atoms with van der Waals surface area (Å²) >= 11 is 0. The number of methoxy groups -OCH3 is 1. The fourth-order valence-electron chi connectivity index (χ4n) is 1.02. The molecule has 68 valence electrons. The predicted octanol–water partition coefficient (Wildman–Crippen LogP) is 0.597. The van der Waals surface area contributed by atoms with Crippen LogP contribution in [0.25, 0.3) is 0 Å². The maximum absolute atomic E-state index is 11.1. The van der Waals surface area contributed by atoms with Crippen LogP contribution in [0.3, 0.4) is 0 Å². The summed E-state index contributed by atoms with van der Waals surface area (Å²) in [6.45, 7) is 0.146. The van der Waals surface area contributed by atoms with Gasteiger partial charge in [0, 0.05) is 12.3 Å². The highest BCUT2D eigenvalue weighted by Crippen LogP contribution is 2.29. The summed E-state index contributed by atoms with van der Waals surface area (Å²) in [5.74, 6) is 0.446. The number of rotatable bonds is 1. The van der Waals surface area contributed by atoms with E-state index in [1.54, 1.807) is 6.07 Å². The van der Waals surface area contributed by atoms with Crippen LogP contribution in [0.4, 0.5) is 0 Å². The lowest BCUT2D eigenvalue weighted by Gasteiger charge is -1.99. The number of carbonyl (C=O) groups excluding carboxylic acids is 1. The molecule has 0 unspecified atom stereocenters. The standard InChI is InChI=1S/C8H7NO4/c1-11-8(10)5-2-6-7(9-3-5)13-4-12-6/h2-3H,4H2,1H3. The van der Waals surface area contributed by atoms with Gasteiger partial charge in [-0.1, -0.05) is 0 Å². The minimum Gasteiger partial charge on any atom is -0.465 e. The molecule has 5 heteroatoms. The Bertz CT molecular complexity index is 350. The fraction of sp³-hybridized carbons (Fsp3) is 0.250. The maximum Gasteiger partial charge on any atom is 0.339 e. The van der Waals surface area contributed by atoms with E-state index in [0.29, 0.717) is 17.2 Å². The van der Waals surface area contributed by atoms with Crippen LogP contribution in [0.2, 0.25) is 0 Å². The smallest absolute Gasteiger partial charge is 0.339 e. The van der Waals surface area contributed by atoms with Crippen LogP contribution in [0.1, 0.15) is 10.4 Å².